The molecule has 0 bridgehead atoms. The Kier molecular flexibility index (Phi) is 5.94. The van der Waals surface area contributed by atoms with Crippen LogP contribution in [0.15, 0.2) is 78.9 Å². The second-order valence-electron chi connectivity index (χ2n) is 8.42. The van der Waals surface area contributed by atoms with Crippen molar-refractivity contribution >= 4 is 23.2 Å². The number of ether oxygens (including phenoxy) is 1. The normalized spacial score (nSPS) is 21.7. The number of phenolic OH excluding ortho intramolecular Hbond substituents is 1. The number of fused-ring (bicyclic) bond motifs is 1. The number of amides is 2. The van der Waals surface area contributed by atoms with Gasteiger partial charge in [-0.05, 0) is 48.9 Å². The Balaban J connectivity index is 1.47. The molecule has 174 valence electrons. The highest BCUT2D eigenvalue weighted by Crippen LogP contribution is 2.49. The fraction of sp³-hybridized carbons (Fsp3) is 0.259. The van der Waals surface area contributed by atoms with Gasteiger partial charge < -0.3 is 9.84 Å². The lowest BCUT2D eigenvalue weighted by atomic mass is 9.90. The zero-order chi connectivity index (χ0) is 23.7. The van der Waals surface area contributed by atoms with Crippen LogP contribution in [0.2, 0.25) is 0 Å². The Morgan fingerprint density at radius 3 is 2.29 bits per heavy atom. The summed E-state index contributed by atoms with van der Waals surface area (Å²) in [4.78, 5) is 34.3. The third kappa shape index (κ3) is 3.78. The van der Waals surface area contributed by atoms with Gasteiger partial charge in [-0.1, -0.05) is 49.7 Å². The summed E-state index contributed by atoms with van der Waals surface area (Å²) in [6.45, 7) is 2.71. The third-order valence-corrected chi connectivity index (χ3v) is 6.24. The summed E-state index contributed by atoms with van der Waals surface area (Å²) in [5.41, 5.74) is 1.70. The van der Waals surface area contributed by atoms with Gasteiger partial charge in [0.1, 0.15) is 17.4 Å². The maximum Gasteiger partial charge on any atom is 0.266 e. The molecule has 0 saturated carbocycles. The molecule has 7 heteroatoms. The molecule has 2 aliphatic rings. The molecule has 5 rings (SSSR count). The van der Waals surface area contributed by atoms with Gasteiger partial charge in [0.2, 0.25) is 5.91 Å². The molecule has 3 aromatic rings. The first-order chi connectivity index (χ1) is 16.6. The average Bonchev–Trinajstić information content (AvgIpc) is 3.36. The van der Waals surface area contributed by atoms with Crippen LogP contribution in [-0.4, -0.2) is 29.6 Å². The fourth-order valence-electron chi connectivity index (χ4n) is 4.55. The second kappa shape index (κ2) is 9.19. The number of imide groups is 1. The molecule has 2 amide bonds. The van der Waals surface area contributed by atoms with Crippen LogP contribution >= 0.6 is 0 Å². The fourth-order valence-corrected chi connectivity index (χ4v) is 4.55. The van der Waals surface area contributed by atoms with E-state index >= 15 is 0 Å². The molecule has 34 heavy (non-hydrogen) atoms. The van der Waals surface area contributed by atoms with E-state index in [1.54, 1.807) is 53.6 Å². The Morgan fingerprint density at radius 2 is 1.59 bits per heavy atom. The average molecular weight is 459 g/mol. The minimum atomic E-state index is -0.988. The molecule has 2 fully saturated rings. The Hall–Kier alpha value is -3.84. The van der Waals surface area contributed by atoms with Crippen molar-refractivity contribution in [1.29, 1.82) is 0 Å². The van der Waals surface area contributed by atoms with Gasteiger partial charge >= 0.3 is 0 Å². The highest BCUT2D eigenvalue weighted by Gasteiger charge is 2.60. The van der Waals surface area contributed by atoms with Crippen molar-refractivity contribution in [2.45, 2.75) is 31.9 Å². The molecule has 2 saturated heterocycles. The number of hydrogen-bond acceptors (Lipinski definition) is 6. The molecule has 1 N–H and O–H groups in total. The maximum atomic E-state index is 13.7. The van der Waals surface area contributed by atoms with Gasteiger partial charge in [0.05, 0.1) is 24.0 Å². The monoisotopic (exact) mass is 458 g/mol. The first kappa shape index (κ1) is 22.0. The lowest BCUT2D eigenvalue weighted by Crippen LogP contribution is -2.37. The van der Waals surface area contributed by atoms with E-state index in [0.717, 1.165) is 12.8 Å². The maximum absolute atomic E-state index is 13.7. The summed E-state index contributed by atoms with van der Waals surface area (Å²) in [7, 11) is 0. The van der Waals surface area contributed by atoms with Crippen LogP contribution in [0, 0.1) is 5.92 Å². The van der Waals surface area contributed by atoms with E-state index < -0.39 is 24.0 Å². The molecule has 0 radical (unpaired) electrons. The first-order valence-corrected chi connectivity index (χ1v) is 11.5. The predicted octanol–water partition coefficient (Wildman–Crippen LogP) is 4.62. The minimum absolute atomic E-state index is 0.0463. The van der Waals surface area contributed by atoms with Crippen molar-refractivity contribution in [3.8, 4) is 11.5 Å². The van der Waals surface area contributed by atoms with Crippen LogP contribution in [-0.2, 0) is 14.4 Å². The number of para-hydroxylation sites is 2. The number of aromatic hydroxyl groups is 1. The van der Waals surface area contributed by atoms with Crippen LogP contribution in [0.3, 0.4) is 0 Å². The van der Waals surface area contributed by atoms with Crippen molar-refractivity contribution in [2.75, 3.05) is 16.6 Å². The Labute approximate surface area is 198 Å². The minimum Gasteiger partial charge on any atom is -0.508 e. The molecular formula is C27H26N2O5. The number of benzene rings is 3. The summed E-state index contributed by atoms with van der Waals surface area (Å²) < 4.78 is 5.70. The molecule has 3 aromatic carbocycles. The van der Waals surface area contributed by atoms with Crippen molar-refractivity contribution in [3.05, 3.63) is 84.4 Å². The van der Waals surface area contributed by atoms with Gasteiger partial charge in [0, 0.05) is 5.56 Å². The zero-order valence-corrected chi connectivity index (χ0v) is 18.8. The van der Waals surface area contributed by atoms with Crippen LogP contribution < -0.4 is 14.7 Å². The second-order valence-corrected chi connectivity index (χ2v) is 8.42. The van der Waals surface area contributed by atoms with Crippen LogP contribution in [0.25, 0.3) is 0 Å². The standard InChI is InChI=1S/C27H26N2O5/c1-2-3-17-33-20-15-13-18(14-16-20)28-26(31)23-24(21-11-7-8-12-22(21)30)29(34-25(23)27(28)32)19-9-5-4-6-10-19/h4-16,23-25,30H,2-3,17H2,1H3/t23-,24-,25-/m1/s1. The van der Waals surface area contributed by atoms with Crippen LogP contribution in [0.1, 0.15) is 31.4 Å². The number of phenols is 1. The van der Waals surface area contributed by atoms with Crippen LogP contribution in [0.5, 0.6) is 11.5 Å². The molecule has 0 aromatic heterocycles. The van der Waals surface area contributed by atoms with E-state index in [1.165, 1.54) is 4.90 Å². The summed E-state index contributed by atoms with van der Waals surface area (Å²) in [6, 6.07) is 22.4. The number of rotatable bonds is 7. The van der Waals surface area contributed by atoms with Crippen molar-refractivity contribution < 1.29 is 24.3 Å². The summed E-state index contributed by atoms with van der Waals surface area (Å²) in [6.07, 6.45) is 1.00. The van der Waals surface area contributed by atoms with Gasteiger partial charge in [-0.2, -0.15) is 0 Å². The smallest absolute Gasteiger partial charge is 0.266 e. The van der Waals surface area contributed by atoms with E-state index in [2.05, 4.69) is 6.92 Å². The van der Waals surface area contributed by atoms with Gasteiger partial charge in [-0.3, -0.25) is 14.4 Å². The van der Waals surface area contributed by atoms with E-state index in [0.29, 0.717) is 29.3 Å². The number of carbonyl (C=O) groups is 2. The molecule has 7 nitrogen and oxygen atoms in total. The molecular weight excluding hydrogens is 432 g/mol. The summed E-state index contributed by atoms with van der Waals surface area (Å²) in [5, 5.41) is 12.2. The van der Waals surface area contributed by atoms with E-state index in [-0.39, 0.29) is 11.7 Å². The van der Waals surface area contributed by atoms with Gasteiger partial charge in [-0.15, -0.1) is 0 Å². The highest BCUT2D eigenvalue weighted by atomic mass is 16.7. The number of hydrogen-bond donors (Lipinski definition) is 1. The Morgan fingerprint density at radius 1 is 0.882 bits per heavy atom. The van der Waals surface area contributed by atoms with E-state index in [9.17, 15) is 14.7 Å². The van der Waals surface area contributed by atoms with Crippen molar-refractivity contribution in [1.82, 2.24) is 0 Å². The molecule has 0 unspecified atom stereocenters. The molecule has 2 heterocycles. The van der Waals surface area contributed by atoms with Gasteiger partial charge in [0.15, 0.2) is 6.10 Å². The van der Waals surface area contributed by atoms with Crippen LogP contribution in [0.4, 0.5) is 11.4 Å². The number of hydroxylamine groups is 1. The predicted molar refractivity (Wildman–Crippen MR) is 127 cm³/mol. The lowest BCUT2D eigenvalue weighted by molar-refractivity contribution is -0.126. The summed E-state index contributed by atoms with van der Waals surface area (Å²) >= 11 is 0. The number of carbonyl (C=O) groups excluding carboxylic acids is 2. The number of nitrogens with zero attached hydrogens (tertiary/aromatic N) is 2. The van der Waals surface area contributed by atoms with Crippen molar-refractivity contribution in [3.63, 3.8) is 0 Å². The Bertz CT molecular complexity index is 1180. The van der Waals surface area contributed by atoms with Gasteiger partial charge in [0.25, 0.3) is 5.91 Å². The van der Waals surface area contributed by atoms with Crippen molar-refractivity contribution in [2.24, 2.45) is 5.92 Å². The summed E-state index contributed by atoms with van der Waals surface area (Å²) in [5.74, 6) is -0.851. The SMILES string of the molecule is CCCCOc1ccc(N2C(=O)[C@@H]3[C@@H](c4ccccc4O)N(c4ccccc4)O[C@H]3C2=O)cc1. The first-order valence-electron chi connectivity index (χ1n) is 11.5. The van der Waals surface area contributed by atoms with E-state index in [1.807, 2.05) is 30.3 Å². The molecule has 0 spiro atoms. The largest absolute Gasteiger partial charge is 0.508 e. The number of unbranched alkanes of at least 4 members (excludes halogenated alkanes) is 1. The zero-order valence-electron chi connectivity index (χ0n) is 18.8. The topological polar surface area (TPSA) is 79.3 Å². The quantitative estimate of drug-likeness (QED) is 0.411. The van der Waals surface area contributed by atoms with E-state index in [4.69, 9.17) is 9.57 Å². The molecule has 3 atom stereocenters. The van der Waals surface area contributed by atoms with Gasteiger partial charge in [-0.25, -0.2) is 9.96 Å². The lowest BCUT2D eigenvalue weighted by Gasteiger charge is -2.29. The highest BCUT2D eigenvalue weighted by molar-refractivity contribution is 6.24. The third-order valence-electron chi connectivity index (χ3n) is 6.24. The molecule has 2 aliphatic heterocycles. The molecule has 0 aliphatic carbocycles. The number of anilines is 2.